The number of hydrogen-bond acceptors (Lipinski definition) is 1. The third-order valence-electron chi connectivity index (χ3n) is 4.35. The molecule has 1 aromatic heterocycles. The van der Waals surface area contributed by atoms with Crippen molar-refractivity contribution >= 4 is 10.9 Å². The molecular weight excluding hydrogens is 294 g/mol. The monoisotopic (exact) mass is 313 g/mol. The normalized spacial score (nSPS) is 10.9. The second-order valence-corrected chi connectivity index (χ2v) is 5.95. The van der Waals surface area contributed by atoms with Gasteiger partial charge in [-0.3, -0.25) is 0 Å². The Labute approximate surface area is 141 Å². The minimum Gasteiger partial charge on any atom is -0.489 e. The molecule has 0 fully saturated rings. The van der Waals surface area contributed by atoms with Gasteiger partial charge in [-0.05, 0) is 47.5 Å². The zero-order valence-corrected chi connectivity index (χ0v) is 13.6. The average molecular weight is 313 g/mol. The second kappa shape index (κ2) is 6.25. The maximum atomic E-state index is 5.87. The Hall–Kier alpha value is -3.00. The number of rotatable bonds is 4. The van der Waals surface area contributed by atoms with Crippen LogP contribution in [0.15, 0.2) is 84.9 Å². The highest BCUT2D eigenvalue weighted by atomic mass is 16.5. The molecule has 0 unspecified atom stereocenters. The van der Waals surface area contributed by atoms with E-state index in [0.717, 1.165) is 5.75 Å². The predicted molar refractivity (Wildman–Crippen MR) is 99.1 cm³/mol. The molecule has 118 valence electrons. The maximum absolute atomic E-state index is 5.87. The van der Waals surface area contributed by atoms with Crippen LogP contribution in [0.5, 0.6) is 5.75 Å². The molecule has 24 heavy (non-hydrogen) atoms. The number of nitrogens with zero attached hydrogens (tertiary/aromatic N) is 1. The van der Waals surface area contributed by atoms with Gasteiger partial charge >= 0.3 is 0 Å². The quantitative estimate of drug-likeness (QED) is 0.490. The predicted octanol–water partition coefficient (Wildman–Crippen LogP) is 5.42. The van der Waals surface area contributed by atoms with Gasteiger partial charge in [0, 0.05) is 23.6 Å². The smallest absolute Gasteiger partial charge is 0.119 e. The first kappa shape index (κ1) is 14.6. The number of ether oxygens (including phenoxy) is 1. The lowest BCUT2D eigenvalue weighted by Crippen LogP contribution is -1.95. The first-order valence-electron chi connectivity index (χ1n) is 8.13. The maximum Gasteiger partial charge on any atom is 0.119 e. The molecule has 0 radical (unpaired) electrons. The molecule has 0 aliphatic carbocycles. The fraction of sp³-hybridized carbons (Fsp3) is 0.0909. The van der Waals surface area contributed by atoms with Crippen molar-refractivity contribution in [2.24, 2.45) is 7.05 Å². The summed E-state index contributed by atoms with van der Waals surface area (Å²) in [5.41, 5.74) is 4.83. The molecule has 0 saturated carbocycles. The number of benzene rings is 3. The van der Waals surface area contributed by atoms with Gasteiger partial charge in [0.25, 0.3) is 0 Å². The van der Waals surface area contributed by atoms with E-state index >= 15 is 0 Å². The average Bonchev–Trinajstić information content (AvgIpc) is 2.98. The topological polar surface area (TPSA) is 14.2 Å². The van der Waals surface area contributed by atoms with Crippen LogP contribution in [0.25, 0.3) is 22.2 Å². The summed E-state index contributed by atoms with van der Waals surface area (Å²) in [4.78, 5) is 0. The van der Waals surface area contributed by atoms with Crippen molar-refractivity contribution in [3.05, 3.63) is 90.5 Å². The minimum absolute atomic E-state index is 0.591. The highest BCUT2D eigenvalue weighted by Crippen LogP contribution is 2.28. The SMILES string of the molecule is Cn1c(-c2ccc(OCc3ccccc3)cc2)cc2ccccc21. The van der Waals surface area contributed by atoms with Gasteiger partial charge in [0.05, 0.1) is 0 Å². The van der Waals surface area contributed by atoms with Gasteiger partial charge in [-0.1, -0.05) is 48.5 Å². The molecule has 2 heteroatoms. The van der Waals surface area contributed by atoms with Gasteiger partial charge in [-0.2, -0.15) is 0 Å². The van der Waals surface area contributed by atoms with E-state index in [1.165, 1.54) is 27.7 Å². The lowest BCUT2D eigenvalue weighted by molar-refractivity contribution is 0.306. The van der Waals surface area contributed by atoms with Crippen LogP contribution in [-0.2, 0) is 13.7 Å². The lowest BCUT2D eigenvalue weighted by atomic mass is 10.1. The van der Waals surface area contributed by atoms with Crippen LogP contribution in [0.3, 0.4) is 0 Å². The molecule has 1 heterocycles. The van der Waals surface area contributed by atoms with E-state index in [1.807, 2.05) is 30.3 Å². The van der Waals surface area contributed by atoms with Gasteiger partial charge in [0.1, 0.15) is 12.4 Å². The molecular formula is C22H19NO. The van der Waals surface area contributed by atoms with Crippen LogP contribution in [0, 0.1) is 0 Å². The number of aryl methyl sites for hydroxylation is 1. The fourth-order valence-electron chi connectivity index (χ4n) is 3.03. The third kappa shape index (κ3) is 2.79. The Kier molecular flexibility index (Phi) is 3.80. The minimum atomic E-state index is 0.591. The van der Waals surface area contributed by atoms with E-state index in [-0.39, 0.29) is 0 Å². The molecule has 0 saturated heterocycles. The van der Waals surface area contributed by atoms with E-state index in [4.69, 9.17) is 4.74 Å². The zero-order chi connectivity index (χ0) is 16.4. The highest BCUT2D eigenvalue weighted by molar-refractivity contribution is 5.86. The van der Waals surface area contributed by atoms with E-state index in [9.17, 15) is 0 Å². The van der Waals surface area contributed by atoms with E-state index in [1.54, 1.807) is 0 Å². The summed E-state index contributed by atoms with van der Waals surface area (Å²) in [7, 11) is 2.11. The van der Waals surface area contributed by atoms with Crippen molar-refractivity contribution in [2.75, 3.05) is 0 Å². The van der Waals surface area contributed by atoms with Crippen LogP contribution in [-0.4, -0.2) is 4.57 Å². The summed E-state index contributed by atoms with van der Waals surface area (Å²) in [6.45, 7) is 0.591. The van der Waals surface area contributed by atoms with Crippen LogP contribution in [0.2, 0.25) is 0 Å². The molecule has 4 aromatic rings. The van der Waals surface area contributed by atoms with E-state index in [2.05, 4.69) is 66.2 Å². The molecule has 0 aliphatic heterocycles. The molecule has 0 atom stereocenters. The Morgan fingerprint density at radius 2 is 1.50 bits per heavy atom. The Balaban J connectivity index is 1.55. The summed E-state index contributed by atoms with van der Waals surface area (Å²) in [5, 5.41) is 1.26. The second-order valence-electron chi connectivity index (χ2n) is 5.95. The number of aromatic nitrogens is 1. The summed E-state index contributed by atoms with van der Waals surface area (Å²) in [6, 6.07) is 29.2. The van der Waals surface area contributed by atoms with Crippen LogP contribution in [0.1, 0.15) is 5.56 Å². The van der Waals surface area contributed by atoms with Gasteiger partial charge in [0.15, 0.2) is 0 Å². The van der Waals surface area contributed by atoms with Crippen molar-refractivity contribution in [1.82, 2.24) is 4.57 Å². The first-order chi connectivity index (χ1) is 11.8. The summed E-state index contributed by atoms with van der Waals surface area (Å²) < 4.78 is 8.10. The van der Waals surface area contributed by atoms with Crippen LogP contribution >= 0.6 is 0 Å². The summed E-state index contributed by atoms with van der Waals surface area (Å²) >= 11 is 0. The van der Waals surface area contributed by atoms with E-state index in [0.29, 0.717) is 6.61 Å². The first-order valence-corrected chi connectivity index (χ1v) is 8.13. The standard InChI is InChI=1S/C22H19NO/c1-23-21-10-6-5-9-19(21)15-22(23)18-11-13-20(14-12-18)24-16-17-7-3-2-4-8-17/h2-15H,16H2,1H3. The van der Waals surface area contributed by atoms with Crippen molar-refractivity contribution in [3.8, 4) is 17.0 Å². The molecule has 0 spiro atoms. The molecule has 0 N–H and O–H groups in total. The molecule has 2 nitrogen and oxygen atoms in total. The van der Waals surface area contributed by atoms with Gasteiger partial charge in [0.2, 0.25) is 0 Å². The van der Waals surface area contributed by atoms with Gasteiger partial charge < -0.3 is 9.30 Å². The summed E-state index contributed by atoms with van der Waals surface area (Å²) in [5.74, 6) is 0.890. The zero-order valence-electron chi connectivity index (χ0n) is 13.6. The largest absolute Gasteiger partial charge is 0.489 e. The Bertz CT molecular complexity index is 952. The molecule has 4 rings (SSSR count). The van der Waals surface area contributed by atoms with Gasteiger partial charge in [-0.25, -0.2) is 0 Å². The van der Waals surface area contributed by atoms with Crippen molar-refractivity contribution in [3.63, 3.8) is 0 Å². The van der Waals surface area contributed by atoms with Crippen molar-refractivity contribution < 1.29 is 4.74 Å². The van der Waals surface area contributed by atoms with Gasteiger partial charge in [-0.15, -0.1) is 0 Å². The number of fused-ring (bicyclic) bond motifs is 1. The molecule has 3 aromatic carbocycles. The molecule has 0 amide bonds. The Morgan fingerprint density at radius 3 is 2.25 bits per heavy atom. The highest BCUT2D eigenvalue weighted by Gasteiger charge is 2.07. The lowest BCUT2D eigenvalue weighted by Gasteiger charge is -2.08. The van der Waals surface area contributed by atoms with Crippen LogP contribution in [0.4, 0.5) is 0 Å². The van der Waals surface area contributed by atoms with E-state index < -0.39 is 0 Å². The molecule has 0 bridgehead atoms. The summed E-state index contributed by atoms with van der Waals surface area (Å²) in [6.07, 6.45) is 0. The van der Waals surface area contributed by atoms with Crippen molar-refractivity contribution in [2.45, 2.75) is 6.61 Å². The third-order valence-corrected chi connectivity index (χ3v) is 4.35. The number of hydrogen-bond donors (Lipinski definition) is 0. The van der Waals surface area contributed by atoms with Crippen LogP contribution < -0.4 is 4.74 Å². The molecule has 0 aliphatic rings. The fourth-order valence-corrected chi connectivity index (χ4v) is 3.03. The Morgan fingerprint density at radius 1 is 0.792 bits per heavy atom. The number of para-hydroxylation sites is 1. The van der Waals surface area contributed by atoms with Crippen molar-refractivity contribution in [1.29, 1.82) is 0 Å².